The van der Waals surface area contributed by atoms with E-state index in [2.05, 4.69) is 15.9 Å². The first-order valence-electron chi connectivity index (χ1n) is 6.02. The summed E-state index contributed by atoms with van der Waals surface area (Å²) < 4.78 is 29.4. The Morgan fingerprint density at radius 3 is 2.68 bits per heavy atom. The molecule has 0 N–H and O–H groups in total. The maximum absolute atomic E-state index is 11.6. The fourth-order valence-electron chi connectivity index (χ4n) is 2.37. The van der Waals surface area contributed by atoms with Crippen LogP contribution in [0.1, 0.15) is 22.9 Å². The maximum Gasteiger partial charge on any atom is 0.150 e. The molecule has 19 heavy (non-hydrogen) atoms. The molecule has 0 amide bonds. The van der Waals surface area contributed by atoms with Crippen LogP contribution in [0.5, 0.6) is 5.75 Å². The van der Waals surface area contributed by atoms with E-state index in [-0.39, 0.29) is 22.8 Å². The molecular formula is C13H16BrClO3S. The third-order valence-electron chi connectivity index (χ3n) is 3.49. The number of methoxy groups -OCH3 is 1. The second-order valence-corrected chi connectivity index (χ2v) is 8.46. The zero-order chi connectivity index (χ0) is 14.2. The summed E-state index contributed by atoms with van der Waals surface area (Å²) in [4.78, 5) is 0. The predicted molar refractivity (Wildman–Crippen MR) is 80.8 cm³/mol. The highest BCUT2D eigenvalue weighted by Crippen LogP contribution is 2.42. The smallest absolute Gasteiger partial charge is 0.150 e. The van der Waals surface area contributed by atoms with Crippen LogP contribution in [0, 0.1) is 12.8 Å². The van der Waals surface area contributed by atoms with Crippen molar-refractivity contribution in [1.82, 2.24) is 0 Å². The van der Waals surface area contributed by atoms with E-state index in [0.717, 1.165) is 15.6 Å². The molecule has 0 aliphatic carbocycles. The number of ether oxygens (including phenoxy) is 1. The topological polar surface area (TPSA) is 43.4 Å². The summed E-state index contributed by atoms with van der Waals surface area (Å²) in [5, 5.41) is -0.343. The Labute approximate surface area is 127 Å². The molecule has 1 aromatic rings. The molecule has 0 aromatic heterocycles. The largest absolute Gasteiger partial charge is 0.496 e. The Balaban J connectivity index is 2.33. The SMILES string of the molecule is COc1cc(C)c(Br)cc1C(Cl)C1CCS(=O)(=O)C1. The molecule has 0 radical (unpaired) electrons. The van der Waals surface area contributed by atoms with E-state index < -0.39 is 9.84 Å². The Hall–Kier alpha value is -0.260. The van der Waals surface area contributed by atoms with E-state index in [4.69, 9.17) is 16.3 Å². The number of sulfone groups is 1. The van der Waals surface area contributed by atoms with Crippen LogP contribution in [0.2, 0.25) is 0 Å². The number of rotatable bonds is 3. The van der Waals surface area contributed by atoms with Crippen LogP contribution in [0.25, 0.3) is 0 Å². The van der Waals surface area contributed by atoms with Crippen LogP contribution in [-0.4, -0.2) is 27.0 Å². The van der Waals surface area contributed by atoms with Gasteiger partial charge in [-0.3, -0.25) is 0 Å². The van der Waals surface area contributed by atoms with Gasteiger partial charge in [0.15, 0.2) is 9.84 Å². The van der Waals surface area contributed by atoms with Gasteiger partial charge >= 0.3 is 0 Å². The molecule has 106 valence electrons. The quantitative estimate of drug-likeness (QED) is 0.768. The number of hydrogen-bond acceptors (Lipinski definition) is 3. The lowest BCUT2D eigenvalue weighted by atomic mass is 9.96. The molecule has 2 rings (SSSR count). The first-order chi connectivity index (χ1) is 8.84. The summed E-state index contributed by atoms with van der Waals surface area (Å²) in [5.74, 6) is 1.06. The van der Waals surface area contributed by atoms with E-state index in [1.807, 2.05) is 19.1 Å². The maximum atomic E-state index is 11.6. The van der Waals surface area contributed by atoms with Crippen molar-refractivity contribution in [2.75, 3.05) is 18.6 Å². The molecule has 0 saturated carbocycles. The van der Waals surface area contributed by atoms with Gasteiger partial charge in [-0.15, -0.1) is 11.6 Å². The van der Waals surface area contributed by atoms with Crippen molar-refractivity contribution in [1.29, 1.82) is 0 Å². The lowest BCUT2D eigenvalue weighted by Crippen LogP contribution is -2.11. The van der Waals surface area contributed by atoms with Gasteiger partial charge in [0.2, 0.25) is 0 Å². The highest BCUT2D eigenvalue weighted by atomic mass is 79.9. The van der Waals surface area contributed by atoms with E-state index in [9.17, 15) is 8.42 Å². The Kier molecular flexibility index (Phi) is 4.48. The van der Waals surface area contributed by atoms with Crippen molar-refractivity contribution >= 4 is 37.4 Å². The molecule has 1 aromatic carbocycles. The second-order valence-electron chi connectivity index (χ2n) is 4.91. The van der Waals surface area contributed by atoms with E-state index in [1.54, 1.807) is 7.11 Å². The first kappa shape index (κ1) is 15.1. The summed E-state index contributed by atoms with van der Waals surface area (Å²) in [6, 6.07) is 3.84. The van der Waals surface area contributed by atoms with Gasteiger partial charge in [0.25, 0.3) is 0 Å². The van der Waals surface area contributed by atoms with Crippen molar-refractivity contribution < 1.29 is 13.2 Å². The summed E-state index contributed by atoms with van der Waals surface area (Å²) in [5.41, 5.74) is 1.91. The normalized spacial score (nSPS) is 23.3. The third kappa shape index (κ3) is 3.26. The molecule has 1 aliphatic heterocycles. The standard InChI is InChI=1S/C13H16BrClO3S/c1-8-5-12(18-2)10(6-11(8)14)13(15)9-3-4-19(16,17)7-9/h5-6,9,13H,3-4,7H2,1-2H3. The van der Waals surface area contributed by atoms with Crippen molar-refractivity contribution in [3.63, 3.8) is 0 Å². The molecule has 3 nitrogen and oxygen atoms in total. The first-order valence-corrected chi connectivity index (χ1v) is 9.07. The Morgan fingerprint density at radius 2 is 2.16 bits per heavy atom. The second kappa shape index (κ2) is 5.62. The summed E-state index contributed by atoms with van der Waals surface area (Å²) in [6.45, 7) is 1.97. The van der Waals surface area contributed by atoms with Crippen LogP contribution in [0.3, 0.4) is 0 Å². The predicted octanol–water partition coefficient (Wildman–Crippen LogP) is 3.48. The molecular weight excluding hydrogens is 352 g/mol. The van der Waals surface area contributed by atoms with Crippen LogP contribution < -0.4 is 4.74 Å². The van der Waals surface area contributed by atoms with Gasteiger partial charge in [0.1, 0.15) is 5.75 Å². The number of hydrogen-bond donors (Lipinski definition) is 0. The molecule has 1 aliphatic rings. The zero-order valence-corrected chi connectivity index (χ0v) is 14.0. The van der Waals surface area contributed by atoms with Gasteiger partial charge in [0.05, 0.1) is 24.0 Å². The number of benzene rings is 1. The monoisotopic (exact) mass is 366 g/mol. The molecule has 2 unspecified atom stereocenters. The minimum Gasteiger partial charge on any atom is -0.496 e. The number of halogens is 2. The summed E-state index contributed by atoms with van der Waals surface area (Å²) in [6.07, 6.45) is 0.616. The summed E-state index contributed by atoms with van der Waals surface area (Å²) >= 11 is 9.96. The van der Waals surface area contributed by atoms with E-state index >= 15 is 0 Å². The molecule has 0 spiro atoms. The molecule has 2 atom stereocenters. The Morgan fingerprint density at radius 1 is 1.47 bits per heavy atom. The highest BCUT2D eigenvalue weighted by molar-refractivity contribution is 9.10. The number of alkyl halides is 1. The van der Waals surface area contributed by atoms with Crippen molar-refractivity contribution in [2.45, 2.75) is 18.7 Å². The molecule has 1 heterocycles. The molecule has 1 saturated heterocycles. The van der Waals surface area contributed by atoms with Gasteiger partial charge in [0, 0.05) is 10.0 Å². The third-order valence-corrected chi connectivity index (χ3v) is 6.73. The van der Waals surface area contributed by atoms with Gasteiger partial charge in [-0.25, -0.2) is 8.42 Å². The zero-order valence-electron chi connectivity index (χ0n) is 10.8. The molecule has 6 heteroatoms. The average Bonchev–Trinajstić information content (AvgIpc) is 2.71. The minimum atomic E-state index is -2.92. The van der Waals surface area contributed by atoms with Crippen molar-refractivity contribution in [3.8, 4) is 5.75 Å². The Bertz CT molecular complexity index is 586. The lowest BCUT2D eigenvalue weighted by Gasteiger charge is -2.20. The summed E-state index contributed by atoms with van der Waals surface area (Å²) in [7, 11) is -1.32. The van der Waals surface area contributed by atoms with Gasteiger partial charge in [-0.1, -0.05) is 15.9 Å². The molecule has 1 fully saturated rings. The van der Waals surface area contributed by atoms with E-state index in [0.29, 0.717) is 12.2 Å². The van der Waals surface area contributed by atoms with Gasteiger partial charge in [-0.2, -0.15) is 0 Å². The fraction of sp³-hybridized carbons (Fsp3) is 0.538. The van der Waals surface area contributed by atoms with Crippen LogP contribution >= 0.6 is 27.5 Å². The van der Waals surface area contributed by atoms with Crippen molar-refractivity contribution in [2.24, 2.45) is 5.92 Å². The van der Waals surface area contributed by atoms with E-state index in [1.165, 1.54) is 0 Å². The number of aryl methyl sites for hydroxylation is 1. The van der Waals surface area contributed by atoms with Crippen LogP contribution in [0.15, 0.2) is 16.6 Å². The highest BCUT2D eigenvalue weighted by Gasteiger charge is 2.34. The average molecular weight is 368 g/mol. The van der Waals surface area contributed by atoms with Crippen molar-refractivity contribution in [3.05, 3.63) is 27.7 Å². The van der Waals surface area contributed by atoms with Gasteiger partial charge < -0.3 is 4.74 Å². The lowest BCUT2D eigenvalue weighted by molar-refractivity contribution is 0.404. The van der Waals surface area contributed by atoms with Crippen LogP contribution in [0.4, 0.5) is 0 Å². The fourth-order valence-corrected chi connectivity index (χ4v) is 5.06. The van der Waals surface area contributed by atoms with Crippen LogP contribution in [-0.2, 0) is 9.84 Å². The van der Waals surface area contributed by atoms with Gasteiger partial charge in [-0.05, 0) is 37.0 Å². The molecule has 0 bridgehead atoms. The minimum absolute atomic E-state index is 0.0461.